The van der Waals surface area contributed by atoms with Crippen molar-refractivity contribution in [1.29, 1.82) is 0 Å². The number of nitrogens with one attached hydrogen (secondary N) is 1. The van der Waals surface area contributed by atoms with Crippen molar-refractivity contribution >= 4 is 22.6 Å². The van der Waals surface area contributed by atoms with Gasteiger partial charge in [-0.1, -0.05) is 18.2 Å². The van der Waals surface area contributed by atoms with Crippen molar-refractivity contribution in [3.8, 4) is 0 Å². The Labute approximate surface area is 119 Å². The highest BCUT2D eigenvalue weighted by atomic mass is 127. The number of aromatic nitrogens is 1. The predicted octanol–water partition coefficient (Wildman–Crippen LogP) is 2.69. The van der Waals surface area contributed by atoms with Crippen molar-refractivity contribution in [3.05, 3.63) is 62.7 Å². The third-order valence-corrected chi connectivity index (χ3v) is 4.23. The first kappa shape index (κ1) is 13.4. The van der Waals surface area contributed by atoms with Crippen LogP contribution in [0.1, 0.15) is 22.7 Å². The molecule has 1 atom stereocenters. The Balaban J connectivity index is 2.49. The fourth-order valence-corrected chi connectivity index (χ4v) is 2.52. The van der Waals surface area contributed by atoms with Gasteiger partial charge >= 0.3 is 0 Å². The van der Waals surface area contributed by atoms with E-state index in [1.54, 1.807) is 6.20 Å². The molecular formula is C13H13FIN3. The van der Waals surface area contributed by atoms with Crippen LogP contribution in [0.15, 0.2) is 36.7 Å². The molecule has 2 aromatic rings. The molecule has 0 aliphatic carbocycles. The summed E-state index contributed by atoms with van der Waals surface area (Å²) in [6, 6.07) is 7.15. The van der Waals surface area contributed by atoms with Gasteiger partial charge in [0.25, 0.3) is 0 Å². The lowest BCUT2D eigenvalue weighted by atomic mass is 9.99. The van der Waals surface area contributed by atoms with E-state index in [0.717, 1.165) is 14.7 Å². The maximum absolute atomic E-state index is 13.2. The summed E-state index contributed by atoms with van der Waals surface area (Å²) in [5.74, 6) is 5.24. The summed E-state index contributed by atoms with van der Waals surface area (Å²) < 4.78 is 14.3. The van der Waals surface area contributed by atoms with Crippen LogP contribution in [-0.4, -0.2) is 4.98 Å². The fraction of sp³-hybridized carbons (Fsp3) is 0.154. The lowest BCUT2D eigenvalue weighted by molar-refractivity contribution is 0.596. The third-order valence-electron chi connectivity index (χ3n) is 2.76. The fourth-order valence-electron chi connectivity index (χ4n) is 1.84. The van der Waals surface area contributed by atoms with Gasteiger partial charge in [-0.25, -0.2) is 9.82 Å². The van der Waals surface area contributed by atoms with Gasteiger partial charge in [-0.3, -0.25) is 10.8 Å². The van der Waals surface area contributed by atoms with Crippen molar-refractivity contribution < 1.29 is 4.39 Å². The molecular weight excluding hydrogens is 344 g/mol. The first-order valence-electron chi connectivity index (χ1n) is 5.45. The Hall–Kier alpha value is -1.05. The normalized spacial score (nSPS) is 12.4. The van der Waals surface area contributed by atoms with Gasteiger partial charge in [0, 0.05) is 9.77 Å². The molecule has 5 heteroatoms. The zero-order chi connectivity index (χ0) is 13.1. The number of aryl methyl sites for hydroxylation is 1. The number of hydrogen-bond donors (Lipinski definition) is 2. The summed E-state index contributed by atoms with van der Waals surface area (Å²) in [6.07, 6.45) is 2.80. The van der Waals surface area contributed by atoms with Crippen LogP contribution >= 0.6 is 22.6 Å². The van der Waals surface area contributed by atoms with Gasteiger partial charge in [0.05, 0.1) is 12.2 Å². The van der Waals surface area contributed by atoms with Gasteiger partial charge in [0.15, 0.2) is 0 Å². The number of pyridine rings is 1. The van der Waals surface area contributed by atoms with E-state index in [9.17, 15) is 4.39 Å². The van der Waals surface area contributed by atoms with Crippen LogP contribution in [0.3, 0.4) is 0 Å². The second kappa shape index (κ2) is 5.73. The number of rotatable bonds is 3. The average molecular weight is 357 g/mol. The van der Waals surface area contributed by atoms with E-state index in [2.05, 4.69) is 33.0 Å². The van der Waals surface area contributed by atoms with Crippen LogP contribution in [0.5, 0.6) is 0 Å². The molecule has 1 unspecified atom stereocenters. The molecule has 0 saturated heterocycles. The number of hydrazine groups is 1. The number of benzene rings is 1. The molecule has 0 amide bonds. The molecule has 1 aromatic heterocycles. The molecule has 0 aliphatic heterocycles. The topological polar surface area (TPSA) is 50.9 Å². The summed E-state index contributed by atoms with van der Waals surface area (Å²) in [6.45, 7) is 2.03. The van der Waals surface area contributed by atoms with Crippen LogP contribution in [-0.2, 0) is 0 Å². The van der Waals surface area contributed by atoms with E-state index >= 15 is 0 Å². The number of nitrogens with zero attached hydrogens (tertiary/aromatic N) is 1. The van der Waals surface area contributed by atoms with E-state index in [1.807, 2.05) is 25.1 Å². The monoisotopic (exact) mass is 357 g/mol. The average Bonchev–Trinajstić information content (AvgIpc) is 2.35. The molecule has 18 heavy (non-hydrogen) atoms. The highest BCUT2D eigenvalue weighted by Crippen LogP contribution is 2.27. The zero-order valence-electron chi connectivity index (χ0n) is 9.82. The van der Waals surface area contributed by atoms with Crippen LogP contribution in [0.4, 0.5) is 4.39 Å². The van der Waals surface area contributed by atoms with Crippen molar-refractivity contribution in [2.24, 2.45) is 5.84 Å². The second-order valence-corrected chi connectivity index (χ2v) is 5.09. The maximum atomic E-state index is 13.2. The Bertz CT molecular complexity index is 560. The van der Waals surface area contributed by atoms with Crippen LogP contribution in [0.25, 0.3) is 0 Å². The van der Waals surface area contributed by atoms with Crippen LogP contribution < -0.4 is 11.3 Å². The number of nitrogens with two attached hydrogens (primary N) is 1. The molecule has 2 rings (SSSR count). The van der Waals surface area contributed by atoms with Crippen molar-refractivity contribution in [3.63, 3.8) is 0 Å². The molecule has 0 radical (unpaired) electrons. The molecule has 0 spiro atoms. The van der Waals surface area contributed by atoms with E-state index < -0.39 is 0 Å². The quantitative estimate of drug-likeness (QED) is 0.505. The second-order valence-electron chi connectivity index (χ2n) is 4.01. The zero-order valence-corrected chi connectivity index (χ0v) is 12.0. The Kier molecular flexibility index (Phi) is 4.26. The first-order chi connectivity index (χ1) is 8.63. The van der Waals surface area contributed by atoms with Gasteiger partial charge in [-0.05, 0) is 52.3 Å². The lowest BCUT2D eigenvalue weighted by Gasteiger charge is -2.19. The molecule has 3 nitrogen and oxygen atoms in total. The summed E-state index contributed by atoms with van der Waals surface area (Å²) >= 11 is 2.27. The molecule has 0 bridgehead atoms. The third kappa shape index (κ3) is 2.68. The standard InChI is InChI=1S/C13H13FIN3/c1-8-3-2-4-11(12(8)15)13(18-16)9-5-10(14)7-17-6-9/h2-7,13,18H,16H2,1H3. The predicted molar refractivity (Wildman–Crippen MR) is 77.3 cm³/mol. The summed E-state index contributed by atoms with van der Waals surface area (Å²) in [7, 11) is 0. The van der Waals surface area contributed by atoms with Gasteiger partial charge in [-0.15, -0.1) is 0 Å². The minimum absolute atomic E-state index is 0.264. The maximum Gasteiger partial charge on any atom is 0.141 e. The van der Waals surface area contributed by atoms with E-state index in [-0.39, 0.29) is 11.9 Å². The van der Waals surface area contributed by atoms with Crippen LogP contribution in [0, 0.1) is 16.3 Å². The van der Waals surface area contributed by atoms with E-state index in [4.69, 9.17) is 5.84 Å². The summed E-state index contributed by atoms with van der Waals surface area (Å²) in [5.41, 5.74) is 5.61. The lowest BCUT2D eigenvalue weighted by Crippen LogP contribution is -2.29. The van der Waals surface area contributed by atoms with Gasteiger partial charge in [0.1, 0.15) is 5.82 Å². The van der Waals surface area contributed by atoms with Crippen molar-refractivity contribution in [2.75, 3.05) is 0 Å². The summed E-state index contributed by atoms with van der Waals surface area (Å²) in [4.78, 5) is 3.86. The van der Waals surface area contributed by atoms with E-state index in [0.29, 0.717) is 5.56 Å². The Morgan fingerprint density at radius 3 is 2.83 bits per heavy atom. The highest BCUT2D eigenvalue weighted by Gasteiger charge is 2.16. The minimum Gasteiger partial charge on any atom is -0.271 e. The Morgan fingerprint density at radius 1 is 1.39 bits per heavy atom. The number of hydrogen-bond acceptors (Lipinski definition) is 3. The molecule has 1 heterocycles. The molecule has 0 saturated carbocycles. The molecule has 3 N–H and O–H groups in total. The number of halogens is 2. The van der Waals surface area contributed by atoms with Crippen molar-refractivity contribution in [1.82, 2.24) is 10.4 Å². The van der Waals surface area contributed by atoms with E-state index in [1.165, 1.54) is 12.3 Å². The molecule has 0 fully saturated rings. The molecule has 1 aromatic carbocycles. The smallest absolute Gasteiger partial charge is 0.141 e. The highest BCUT2D eigenvalue weighted by molar-refractivity contribution is 14.1. The Morgan fingerprint density at radius 2 is 2.17 bits per heavy atom. The largest absolute Gasteiger partial charge is 0.271 e. The minimum atomic E-state index is -0.365. The van der Waals surface area contributed by atoms with Gasteiger partial charge in [0.2, 0.25) is 0 Å². The molecule has 0 aliphatic rings. The molecule has 94 valence electrons. The van der Waals surface area contributed by atoms with Gasteiger partial charge in [-0.2, -0.15) is 0 Å². The van der Waals surface area contributed by atoms with Gasteiger partial charge < -0.3 is 0 Å². The van der Waals surface area contributed by atoms with Crippen molar-refractivity contribution in [2.45, 2.75) is 13.0 Å². The SMILES string of the molecule is Cc1cccc(C(NN)c2cncc(F)c2)c1I. The first-order valence-corrected chi connectivity index (χ1v) is 6.53. The summed E-state index contributed by atoms with van der Waals surface area (Å²) in [5, 5.41) is 0. The van der Waals surface area contributed by atoms with Crippen LogP contribution in [0.2, 0.25) is 0 Å².